The summed E-state index contributed by atoms with van der Waals surface area (Å²) in [4.78, 5) is 33.2. The number of aryl methyl sites for hydroxylation is 1. The highest BCUT2D eigenvalue weighted by Gasteiger charge is 2.28. The minimum Gasteiger partial charge on any atom is -0.444 e. The monoisotopic (exact) mass is 427 g/mol. The average Bonchev–Trinajstić information content (AvgIpc) is 3.15. The lowest BCUT2D eigenvalue weighted by molar-refractivity contribution is 0.0241. The second kappa shape index (κ2) is 7.71. The lowest BCUT2D eigenvalue weighted by atomic mass is 10.1. The van der Waals surface area contributed by atoms with Gasteiger partial charge in [-0.1, -0.05) is 0 Å². The molecule has 4 heterocycles. The fourth-order valence-electron chi connectivity index (χ4n) is 3.52. The molecule has 1 amide bonds. The summed E-state index contributed by atoms with van der Waals surface area (Å²) in [6, 6.07) is 3.79. The fourth-order valence-corrected chi connectivity index (χ4v) is 4.60. The third-order valence-electron chi connectivity index (χ3n) is 4.97. The van der Waals surface area contributed by atoms with Crippen molar-refractivity contribution in [2.45, 2.75) is 26.4 Å². The van der Waals surface area contributed by atoms with Crippen LogP contribution < -0.4 is 10.5 Å². The van der Waals surface area contributed by atoms with Gasteiger partial charge in [-0.25, -0.2) is 9.48 Å². The third-order valence-corrected chi connectivity index (χ3v) is 5.94. The van der Waals surface area contributed by atoms with Crippen LogP contribution in [0.25, 0.3) is 21.3 Å². The lowest BCUT2D eigenvalue weighted by Gasteiger charge is -2.36. The Morgan fingerprint density at radius 1 is 1.13 bits per heavy atom. The number of piperazine rings is 1. The van der Waals surface area contributed by atoms with Gasteiger partial charge in [0.15, 0.2) is 0 Å². The van der Waals surface area contributed by atoms with E-state index in [9.17, 15) is 9.59 Å². The van der Waals surface area contributed by atoms with Crippen molar-refractivity contribution in [1.82, 2.24) is 19.7 Å². The predicted molar refractivity (Wildman–Crippen MR) is 118 cm³/mol. The number of pyridine rings is 1. The fraction of sp³-hybridized carbons (Fsp3) is 0.429. The summed E-state index contributed by atoms with van der Waals surface area (Å²) in [6.07, 6.45) is 3.15. The molecule has 1 aliphatic heterocycles. The van der Waals surface area contributed by atoms with Crippen LogP contribution in [0, 0.1) is 0 Å². The summed E-state index contributed by atoms with van der Waals surface area (Å²) in [6.45, 7) is 7.97. The van der Waals surface area contributed by atoms with E-state index in [0.29, 0.717) is 31.6 Å². The largest absolute Gasteiger partial charge is 0.444 e. The maximum atomic E-state index is 12.9. The Hall–Kier alpha value is -2.94. The Kier molecular flexibility index (Phi) is 5.23. The Balaban J connectivity index is 1.63. The molecule has 0 bridgehead atoms. The van der Waals surface area contributed by atoms with Crippen molar-refractivity contribution in [2.24, 2.45) is 7.05 Å². The number of hydrogen-bond donors (Lipinski definition) is 0. The quantitative estimate of drug-likeness (QED) is 0.625. The zero-order chi connectivity index (χ0) is 21.5. The highest BCUT2D eigenvalue weighted by atomic mass is 32.1. The summed E-state index contributed by atoms with van der Waals surface area (Å²) < 4.78 is 7.74. The van der Waals surface area contributed by atoms with E-state index in [1.54, 1.807) is 24.3 Å². The van der Waals surface area contributed by atoms with E-state index in [0.717, 1.165) is 21.6 Å². The van der Waals surface area contributed by atoms with Gasteiger partial charge in [-0.2, -0.15) is 5.10 Å². The van der Waals surface area contributed by atoms with Crippen LogP contribution in [-0.4, -0.2) is 57.5 Å². The number of amides is 1. The molecule has 0 unspecified atom stereocenters. The van der Waals surface area contributed by atoms with Crippen molar-refractivity contribution in [3.63, 3.8) is 0 Å². The molecule has 0 aromatic carbocycles. The molecule has 0 spiro atoms. The molecule has 158 valence electrons. The van der Waals surface area contributed by atoms with Crippen LogP contribution in [0.2, 0.25) is 0 Å². The number of ether oxygens (including phenoxy) is 1. The van der Waals surface area contributed by atoms with Gasteiger partial charge in [0.05, 0.1) is 15.8 Å². The molecule has 1 fully saturated rings. The number of rotatable bonds is 2. The molecule has 3 aromatic heterocycles. The van der Waals surface area contributed by atoms with Gasteiger partial charge < -0.3 is 14.5 Å². The highest BCUT2D eigenvalue weighted by molar-refractivity contribution is 7.18. The molecule has 8 nitrogen and oxygen atoms in total. The van der Waals surface area contributed by atoms with Crippen molar-refractivity contribution >= 4 is 33.2 Å². The SMILES string of the molecule is Cn1nc(-c2ccncc2)c2scc(N3CCN(C(=O)OC(C)(C)C)CC3)c2c1=O. The van der Waals surface area contributed by atoms with Crippen molar-refractivity contribution in [1.29, 1.82) is 0 Å². The van der Waals surface area contributed by atoms with E-state index in [1.807, 2.05) is 38.3 Å². The highest BCUT2D eigenvalue weighted by Crippen LogP contribution is 2.36. The molecule has 1 aliphatic rings. The van der Waals surface area contributed by atoms with E-state index in [1.165, 1.54) is 16.0 Å². The van der Waals surface area contributed by atoms with E-state index in [4.69, 9.17) is 4.74 Å². The summed E-state index contributed by atoms with van der Waals surface area (Å²) in [5.41, 5.74) is 1.97. The van der Waals surface area contributed by atoms with Crippen LogP contribution in [-0.2, 0) is 11.8 Å². The maximum absolute atomic E-state index is 12.9. The Labute approximate surface area is 178 Å². The predicted octanol–water partition coefficient (Wildman–Crippen LogP) is 3.11. The van der Waals surface area contributed by atoms with Crippen LogP contribution in [0.15, 0.2) is 34.7 Å². The van der Waals surface area contributed by atoms with E-state index in [-0.39, 0.29) is 11.7 Å². The second-order valence-electron chi connectivity index (χ2n) is 8.29. The van der Waals surface area contributed by atoms with E-state index < -0.39 is 5.60 Å². The molecule has 0 saturated carbocycles. The van der Waals surface area contributed by atoms with Crippen LogP contribution in [0.3, 0.4) is 0 Å². The molecule has 0 aliphatic carbocycles. The number of carbonyl (C=O) groups is 1. The van der Waals surface area contributed by atoms with Crippen molar-refractivity contribution in [3.8, 4) is 11.3 Å². The minimum atomic E-state index is -0.514. The Bertz CT molecular complexity index is 1130. The number of aromatic nitrogens is 3. The van der Waals surface area contributed by atoms with Gasteiger partial charge in [-0.3, -0.25) is 9.78 Å². The number of thiophene rings is 1. The van der Waals surface area contributed by atoms with Crippen LogP contribution in [0.1, 0.15) is 20.8 Å². The molecule has 4 rings (SSSR count). The molecule has 1 saturated heterocycles. The van der Waals surface area contributed by atoms with Crippen LogP contribution in [0.4, 0.5) is 10.5 Å². The van der Waals surface area contributed by atoms with Crippen molar-refractivity contribution < 1.29 is 9.53 Å². The number of carbonyl (C=O) groups excluding carboxylic acids is 1. The normalized spacial score (nSPS) is 14.9. The Morgan fingerprint density at radius 3 is 2.43 bits per heavy atom. The summed E-state index contributed by atoms with van der Waals surface area (Å²) in [7, 11) is 1.67. The van der Waals surface area contributed by atoms with Crippen molar-refractivity contribution in [3.05, 3.63) is 40.3 Å². The number of anilines is 1. The first-order chi connectivity index (χ1) is 14.2. The van der Waals surface area contributed by atoms with Gasteiger partial charge in [0.1, 0.15) is 11.3 Å². The van der Waals surface area contributed by atoms with Gasteiger partial charge >= 0.3 is 6.09 Å². The lowest BCUT2D eigenvalue weighted by Crippen LogP contribution is -2.50. The molecule has 0 N–H and O–H groups in total. The molecular formula is C21H25N5O3S. The second-order valence-corrected chi connectivity index (χ2v) is 9.17. The first-order valence-electron chi connectivity index (χ1n) is 9.86. The van der Waals surface area contributed by atoms with Crippen molar-refractivity contribution in [2.75, 3.05) is 31.1 Å². The third kappa shape index (κ3) is 3.89. The van der Waals surface area contributed by atoms with E-state index in [2.05, 4.69) is 15.0 Å². The van der Waals surface area contributed by atoms with Gasteiger partial charge in [-0.05, 0) is 32.9 Å². The van der Waals surface area contributed by atoms with Crippen LogP contribution in [0.5, 0.6) is 0 Å². The molecular weight excluding hydrogens is 402 g/mol. The zero-order valence-corrected chi connectivity index (χ0v) is 18.4. The number of hydrogen-bond acceptors (Lipinski definition) is 7. The maximum Gasteiger partial charge on any atom is 0.410 e. The first-order valence-corrected chi connectivity index (χ1v) is 10.7. The Morgan fingerprint density at radius 2 is 1.80 bits per heavy atom. The average molecular weight is 428 g/mol. The standard InChI is InChI=1S/C21H25N5O3S/c1-21(2,3)29-20(28)26-11-9-25(10-12-26)15-13-30-18-16(15)19(27)24(4)23-17(18)14-5-7-22-8-6-14/h5-8,13H,9-12H2,1-4H3. The van der Waals surface area contributed by atoms with Crippen LogP contribution >= 0.6 is 11.3 Å². The first kappa shape index (κ1) is 20.3. The minimum absolute atomic E-state index is 0.117. The molecule has 3 aromatic rings. The number of nitrogens with zero attached hydrogens (tertiary/aromatic N) is 5. The van der Waals surface area contributed by atoms with E-state index >= 15 is 0 Å². The smallest absolute Gasteiger partial charge is 0.410 e. The van der Waals surface area contributed by atoms with Gasteiger partial charge in [0.25, 0.3) is 5.56 Å². The topological polar surface area (TPSA) is 80.6 Å². The zero-order valence-electron chi connectivity index (χ0n) is 17.6. The van der Waals surface area contributed by atoms with Gasteiger partial charge in [0.2, 0.25) is 0 Å². The van der Waals surface area contributed by atoms with Gasteiger partial charge in [-0.15, -0.1) is 11.3 Å². The number of fused-ring (bicyclic) bond motifs is 1. The molecule has 0 radical (unpaired) electrons. The summed E-state index contributed by atoms with van der Waals surface area (Å²) >= 11 is 1.52. The molecule has 30 heavy (non-hydrogen) atoms. The van der Waals surface area contributed by atoms with Gasteiger partial charge in [0, 0.05) is 56.6 Å². The molecule has 9 heteroatoms. The summed E-state index contributed by atoms with van der Waals surface area (Å²) in [5.74, 6) is 0. The summed E-state index contributed by atoms with van der Waals surface area (Å²) in [5, 5.41) is 7.19. The molecule has 0 atom stereocenters.